The minimum atomic E-state index is -0.677. The van der Waals surface area contributed by atoms with Crippen LogP contribution >= 0.6 is 11.6 Å². The Hall–Kier alpha value is -1.29. The Bertz CT molecular complexity index is 548. The van der Waals surface area contributed by atoms with Gasteiger partial charge in [0, 0.05) is 23.0 Å². The van der Waals surface area contributed by atoms with Gasteiger partial charge in [0.05, 0.1) is 6.10 Å². The fourth-order valence-electron chi connectivity index (χ4n) is 2.32. The van der Waals surface area contributed by atoms with Crippen LogP contribution in [0.3, 0.4) is 0 Å². The Morgan fingerprint density at radius 2 is 1.89 bits per heavy atom. The zero-order chi connectivity index (χ0) is 14.0. The maximum absolute atomic E-state index is 10.5. The molecule has 2 atom stereocenters. The number of hydrogen-bond donors (Lipinski definition) is 2. The first-order valence-corrected chi connectivity index (χ1v) is 6.61. The van der Waals surface area contributed by atoms with Gasteiger partial charge in [-0.3, -0.25) is 0 Å². The summed E-state index contributed by atoms with van der Waals surface area (Å²) in [5.74, 6) is 1.35. The van der Waals surface area contributed by atoms with Crippen LogP contribution in [0.2, 0.25) is 5.02 Å². The summed E-state index contributed by atoms with van der Waals surface area (Å²) in [7, 11) is 0. The van der Waals surface area contributed by atoms with Crippen molar-refractivity contribution in [3.05, 3.63) is 58.0 Å². The molecule has 0 aliphatic heterocycles. The molecule has 3 nitrogen and oxygen atoms in total. The van der Waals surface area contributed by atoms with E-state index in [4.69, 9.17) is 21.8 Å². The van der Waals surface area contributed by atoms with E-state index in [0.717, 1.165) is 22.6 Å². The number of aliphatic hydroxyl groups excluding tert-OH is 1. The monoisotopic (exact) mass is 279 g/mol. The number of rotatable bonds is 4. The first-order valence-electron chi connectivity index (χ1n) is 6.23. The Morgan fingerprint density at radius 3 is 2.37 bits per heavy atom. The van der Waals surface area contributed by atoms with Crippen molar-refractivity contribution in [3.63, 3.8) is 0 Å². The summed E-state index contributed by atoms with van der Waals surface area (Å²) < 4.78 is 5.46. The summed E-state index contributed by atoms with van der Waals surface area (Å²) in [6, 6.07) is 9.26. The van der Waals surface area contributed by atoms with Crippen LogP contribution in [0.5, 0.6) is 0 Å². The predicted molar refractivity (Wildman–Crippen MR) is 76.4 cm³/mol. The van der Waals surface area contributed by atoms with Crippen molar-refractivity contribution in [3.8, 4) is 0 Å². The second kappa shape index (κ2) is 5.78. The molecule has 2 unspecified atom stereocenters. The number of aliphatic hydroxyl groups is 1. The molecule has 0 aliphatic carbocycles. The standard InChI is InChI=1S/C15H18ClNO2/c1-9-7-13(10(2)19-9)15(18)14(8-17)11-3-5-12(16)6-4-11/h3-7,14-15,18H,8,17H2,1-2H3. The molecular weight excluding hydrogens is 262 g/mol. The number of aryl methyl sites for hydroxylation is 2. The summed E-state index contributed by atoms with van der Waals surface area (Å²) >= 11 is 5.88. The highest BCUT2D eigenvalue weighted by Gasteiger charge is 2.24. The van der Waals surface area contributed by atoms with Crippen molar-refractivity contribution in [1.82, 2.24) is 0 Å². The molecule has 0 spiro atoms. The Labute approximate surface area is 118 Å². The number of nitrogens with two attached hydrogens (primary N) is 1. The molecule has 0 fully saturated rings. The predicted octanol–water partition coefficient (Wildman–Crippen LogP) is 3.33. The zero-order valence-electron chi connectivity index (χ0n) is 11.1. The van der Waals surface area contributed by atoms with E-state index in [9.17, 15) is 5.11 Å². The van der Waals surface area contributed by atoms with E-state index in [1.165, 1.54) is 0 Å². The van der Waals surface area contributed by atoms with Gasteiger partial charge < -0.3 is 15.3 Å². The summed E-state index contributed by atoms with van der Waals surface area (Å²) in [5, 5.41) is 11.2. The fraction of sp³-hybridized carbons (Fsp3) is 0.333. The lowest BCUT2D eigenvalue weighted by Crippen LogP contribution is -2.20. The van der Waals surface area contributed by atoms with Gasteiger partial charge in [0.15, 0.2) is 0 Å². The first kappa shape index (κ1) is 14.1. The maximum atomic E-state index is 10.5. The van der Waals surface area contributed by atoms with Crippen LogP contribution < -0.4 is 5.73 Å². The summed E-state index contributed by atoms with van der Waals surface area (Å²) in [4.78, 5) is 0. The van der Waals surface area contributed by atoms with Crippen LogP contribution in [0.15, 0.2) is 34.7 Å². The molecule has 1 heterocycles. The van der Waals surface area contributed by atoms with Crippen LogP contribution in [0.25, 0.3) is 0 Å². The van der Waals surface area contributed by atoms with Crippen LogP contribution in [0.4, 0.5) is 0 Å². The molecule has 3 N–H and O–H groups in total. The molecule has 19 heavy (non-hydrogen) atoms. The zero-order valence-corrected chi connectivity index (χ0v) is 11.8. The molecular formula is C15H18ClNO2. The lowest BCUT2D eigenvalue weighted by molar-refractivity contribution is 0.145. The quantitative estimate of drug-likeness (QED) is 0.902. The van der Waals surface area contributed by atoms with Gasteiger partial charge in [0.1, 0.15) is 11.5 Å². The molecule has 0 amide bonds. The van der Waals surface area contributed by atoms with E-state index < -0.39 is 6.10 Å². The molecule has 0 radical (unpaired) electrons. The molecule has 1 aromatic heterocycles. The second-order valence-corrected chi connectivity index (χ2v) is 5.14. The normalized spacial score (nSPS) is 14.4. The highest BCUT2D eigenvalue weighted by atomic mass is 35.5. The molecule has 0 bridgehead atoms. The van der Waals surface area contributed by atoms with E-state index in [1.807, 2.05) is 32.0 Å². The Kier molecular flexibility index (Phi) is 4.30. The molecule has 0 saturated carbocycles. The van der Waals surface area contributed by atoms with E-state index in [-0.39, 0.29) is 5.92 Å². The van der Waals surface area contributed by atoms with E-state index in [0.29, 0.717) is 11.6 Å². The van der Waals surface area contributed by atoms with E-state index in [1.54, 1.807) is 12.1 Å². The molecule has 2 rings (SSSR count). The number of hydrogen-bond acceptors (Lipinski definition) is 3. The summed E-state index contributed by atoms with van der Waals surface area (Å²) in [6.07, 6.45) is -0.677. The third kappa shape index (κ3) is 3.00. The van der Waals surface area contributed by atoms with Crippen molar-refractivity contribution < 1.29 is 9.52 Å². The highest BCUT2D eigenvalue weighted by Crippen LogP contribution is 2.33. The van der Waals surface area contributed by atoms with Gasteiger partial charge in [-0.25, -0.2) is 0 Å². The smallest absolute Gasteiger partial charge is 0.106 e. The first-order chi connectivity index (χ1) is 9.02. The van der Waals surface area contributed by atoms with Gasteiger partial charge in [0.25, 0.3) is 0 Å². The van der Waals surface area contributed by atoms with Gasteiger partial charge in [-0.2, -0.15) is 0 Å². The lowest BCUT2D eigenvalue weighted by atomic mass is 9.89. The largest absolute Gasteiger partial charge is 0.466 e. The van der Waals surface area contributed by atoms with E-state index in [2.05, 4.69) is 0 Å². The van der Waals surface area contributed by atoms with Crippen LogP contribution in [-0.2, 0) is 0 Å². The lowest BCUT2D eigenvalue weighted by Gasteiger charge is -2.21. The topological polar surface area (TPSA) is 59.4 Å². The van der Waals surface area contributed by atoms with E-state index >= 15 is 0 Å². The Morgan fingerprint density at radius 1 is 1.26 bits per heavy atom. The molecule has 1 aromatic carbocycles. The SMILES string of the molecule is Cc1cc(C(O)C(CN)c2ccc(Cl)cc2)c(C)o1. The molecule has 4 heteroatoms. The molecule has 0 saturated heterocycles. The van der Waals surface area contributed by atoms with Gasteiger partial charge >= 0.3 is 0 Å². The van der Waals surface area contributed by atoms with Gasteiger partial charge in [-0.15, -0.1) is 0 Å². The van der Waals surface area contributed by atoms with Crippen molar-refractivity contribution in [2.45, 2.75) is 25.9 Å². The fourth-order valence-corrected chi connectivity index (χ4v) is 2.44. The third-order valence-corrected chi connectivity index (χ3v) is 3.58. The number of benzene rings is 1. The van der Waals surface area contributed by atoms with Crippen molar-refractivity contribution in [2.24, 2.45) is 5.73 Å². The van der Waals surface area contributed by atoms with Crippen molar-refractivity contribution >= 4 is 11.6 Å². The van der Waals surface area contributed by atoms with Crippen LogP contribution in [0.1, 0.15) is 34.7 Å². The average Bonchev–Trinajstić information content (AvgIpc) is 2.71. The van der Waals surface area contributed by atoms with Crippen LogP contribution in [-0.4, -0.2) is 11.7 Å². The third-order valence-electron chi connectivity index (χ3n) is 3.33. The minimum Gasteiger partial charge on any atom is -0.466 e. The van der Waals surface area contributed by atoms with Gasteiger partial charge in [0.2, 0.25) is 0 Å². The molecule has 2 aromatic rings. The summed E-state index contributed by atoms with van der Waals surface area (Å²) in [6.45, 7) is 4.07. The second-order valence-electron chi connectivity index (χ2n) is 4.71. The molecule has 102 valence electrons. The molecule has 0 aliphatic rings. The Balaban J connectivity index is 2.31. The van der Waals surface area contributed by atoms with Crippen LogP contribution in [0, 0.1) is 13.8 Å². The van der Waals surface area contributed by atoms with Crippen molar-refractivity contribution in [1.29, 1.82) is 0 Å². The average molecular weight is 280 g/mol. The van der Waals surface area contributed by atoms with Gasteiger partial charge in [-0.05, 0) is 37.6 Å². The van der Waals surface area contributed by atoms with Crippen molar-refractivity contribution in [2.75, 3.05) is 6.54 Å². The van der Waals surface area contributed by atoms with Gasteiger partial charge in [-0.1, -0.05) is 23.7 Å². The highest BCUT2D eigenvalue weighted by molar-refractivity contribution is 6.30. The summed E-state index contributed by atoms with van der Waals surface area (Å²) in [5.41, 5.74) is 7.58. The minimum absolute atomic E-state index is 0.173. The number of furan rings is 1. The maximum Gasteiger partial charge on any atom is 0.106 e. The number of halogens is 1.